The number of benzene rings is 5. The minimum atomic E-state index is -4.41. The third-order valence-electron chi connectivity index (χ3n) is 7.18. The van der Waals surface area contributed by atoms with Crippen molar-refractivity contribution >= 4 is 64.6 Å². The zero-order valence-electron chi connectivity index (χ0n) is 24.3. The summed E-state index contributed by atoms with van der Waals surface area (Å²) in [5.41, 5.74) is 9.19. The van der Waals surface area contributed by atoms with E-state index in [1.54, 1.807) is 43.3 Å². The Labute approximate surface area is 274 Å². The smallest absolute Gasteiger partial charge is 0.287 e. The Bertz CT molecular complexity index is 2660. The van der Waals surface area contributed by atoms with Crippen LogP contribution in [-0.4, -0.2) is 22.9 Å². The molecule has 0 radical (unpaired) electrons. The molecule has 232 valence electrons. The lowest BCUT2D eigenvalue weighted by atomic mass is 10.2. The van der Waals surface area contributed by atoms with E-state index >= 15 is 0 Å². The summed E-state index contributed by atoms with van der Waals surface area (Å²) in [5, 5.41) is 9.40. The Morgan fingerprint density at radius 3 is 2.15 bits per heavy atom. The SMILES string of the molecule is Cc1ccc2nc(-c3ccc4nc(-c5ccc(N/N=c6/ccc(=O)/c(=N/Nc7ccccc7)c6=O)cc5)sc4c3)sc2c1S(=O)(=O)O. The molecule has 2 heterocycles. The van der Waals surface area contributed by atoms with E-state index in [9.17, 15) is 22.6 Å². The second-order valence-corrected chi connectivity index (χ2v) is 13.8. The van der Waals surface area contributed by atoms with Gasteiger partial charge in [-0.15, -0.1) is 22.7 Å². The monoisotopic (exact) mass is 678 g/mol. The normalized spacial score (nSPS) is 12.6. The van der Waals surface area contributed by atoms with Gasteiger partial charge >= 0.3 is 0 Å². The van der Waals surface area contributed by atoms with Crippen LogP contribution in [0.15, 0.2) is 122 Å². The molecule has 0 amide bonds. The number of thiazole rings is 2. The van der Waals surface area contributed by atoms with E-state index in [1.165, 1.54) is 34.8 Å². The van der Waals surface area contributed by atoms with Gasteiger partial charge in [-0.05, 0) is 85.3 Å². The van der Waals surface area contributed by atoms with Crippen molar-refractivity contribution in [3.63, 3.8) is 0 Å². The highest BCUT2D eigenvalue weighted by atomic mass is 32.2. The lowest BCUT2D eigenvalue weighted by molar-refractivity contribution is 0.483. The second-order valence-electron chi connectivity index (χ2n) is 10.4. The van der Waals surface area contributed by atoms with E-state index < -0.39 is 21.0 Å². The molecule has 3 N–H and O–H groups in total. The van der Waals surface area contributed by atoms with E-state index in [2.05, 4.69) is 26.0 Å². The zero-order valence-corrected chi connectivity index (χ0v) is 26.8. The van der Waals surface area contributed by atoms with Crippen LogP contribution in [0.1, 0.15) is 5.56 Å². The Kier molecular flexibility index (Phi) is 7.77. The Hall–Kier alpha value is -5.41. The number of aryl methyl sites for hydroxylation is 1. The molecule has 0 fully saturated rings. The van der Waals surface area contributed by atoms with E-state index in [4.69, 9.17) is 4.98 Å². The highest BCUT2D eigenvalue weighted by molar-refractivity contribution is 7.86. The van der Waals surface area contributed by atoms with Gasteiger partial charge in [0.05, 0.1) is 31.8 Å². The Balaban J connectivity index is 1.13. The minimum absolute atomic E-state index is 0.0433. The first-order valence-corrected chi connectivity index (χ1v) is 17.1. The molecule has 0 unspecified atom stereocenters. The number of rotatable bonds is 7. The van der Waals surface area contributed by atoms with Gasteiger partial charge in [0.1, 0.15) is 20.3 Å². The van der Waals surface area contributed by atoms with Gasteiger partial charge in [-0.2, -0.15) is 18.6 Å². The fourth-order valence-electron chi connectivity index (χ4n) is 4.87. The van der Waals surface area contributed by atoms with Crippen molar-refractivity contribution in [1.29, 1.82) is 0 Å². The van der Waals surface area contributed by atoms with Crippen molar-refractivity contribution in [2.45, 2.75) is 11.8 Å². The molecule has 7 aromatic rings. The molecule has 7 rings (SSSR count). The van der Waals surface area contributed by atoms with E-state index in [1.807, 2.05) is 48.5 Å². The summed E-state index contributed by atoms with van der Waals surface area (Å²) in [5.74, 6) is 0. The number of nitrogens with one attached hydrogen (secondary N) is 2. The number of anilines is 2. The quantitative estimate of drug-likeness (QED) is 0.151. The molecule has 0 atom stereocenters. The average Bonchev–Trinajstić information content (AvgIpc) is 3.68. The molecule has 0 aliphatic carbocycles. The van der Waals surface area contributed by atoms with Crippen LogP contribution < -0.4 is 32.4 Å². The largest absolute Gasteiger partial charge is 0.296 e. The van der Waals surface area contributed by atoms with Gasteiger partial charge in [0.25, 0.3) is 10.1 Å². The van der Waals surface area contributed by atoms with E-state index in [0.717, 1.165) is 26.4 Å². The number of nitrogens with zero attached hydrogens (tertiary/aromatic N) is 4. The van der Waals surface area contributed by atoms with Crippen LogP contribution >= 0.6 is 22.7 Å². The molecule has 0 aliphatic rings. The van der Waals surface area contributed by atoms with Crippen LogP contribution in [0.3, 0.4) is 0 Å². The van der Waals surface area contributed by atoms with Gasteiger partial charge in [0.15, 0.2) is 5.36 Å². The van der Waals surface area contributed by atoms with Gasteiger partial charge in [0.2, 0.25) is 10.9 Å². The van der Waals surface area contributed by atoms with Gasteiger partial charge in [-0.25, -0.2) is 9.97 Å². The summed E-state index contributed by atoms with van der Waals surface area (Å²) in [4.78, 5) is 34.4. The van der Waals surface area contributed by atoms with Gasteiger partial charge < -0.3 is 0 Å². The number of hydrogen-bond acceptors (Lipinski definition) is 12. The maximum absolute atomic E-state index is 12.9. The van der Waals surface area contributed by atoms with E-state index in [0.29, 0.717) is 32.2 Å². The molecule has 5 aromatic carbocycles. The first kappa shape index (κ1) is 30.3. The molecule has 14 heteroatoms. The molecule has 0 saturated carbocycles. The molecule has 0 bridgehead atoms. The number of aromatic nitrogens is 2. The van der Waals surface area contributed by atoms with Crippen molar-refractivity contribution in [1.82, 2.24) is 9.97 Å². The molecule has 47 heavy (non-hydrogen) atoms. The standard InChI is InChI=1S/C33H22N6O5S3/c1-18-7-13-25-30(31(18)47(42,43)44)46-33(35-25)20-10-14-23-27(17-20)45-32(34-23)19-8-11-22(12-9-19)36-38-24-15-16-26(40)28(29(24)41)39-37-21-5-3-2-4-6-21/h2-17,36-37H,1H3,(H,42,43,44)/b38-24-,39-28-. The Morgan fingerprint density at radius 2 is 1.38 bits per heavy atom. The maximum Gasteiger partial charge on any atom is 0.296 e. The van der Waals surface area contributed by atoms with Crippen LogP contribution in [-0.2, 0) is 10.1 Å². The van der Waals surface area contributed by atoms with Crippen molar-refractivity contribution in [3.8, 4) is 21.1 Å². The number of hydrogen-bond donors (Lipinski definition) is 3. The highest BCUT2D eigenvalue weighted by Gasteiger charge is 2.21. The molecular weight excluding hydrogens is 657 g/mol. The molecular formula is C33H22N6O5S3. The summed E-state index contributed by atoms with van der Waals surface area (Å²) < 4.78 is 35.2. The predicted molar refractivity (Wildman–Crippen MR) is 184 cm³/mol. The van der Waals surface area contributed by atoms with Gasteiger partial charge in [-0.3, -0.25) is 25.0 Å². The van der Waals surface area contributed by atoms with E-state index in [-0.39, 0.29) is 15.6 Å². The number of para-hydroxylation sites is 1. The first-order valence-electron chi connectivity index (χ1n) is 14.0. The lowest BCUT2D eigenvalue weighted by Gasteiger charge is -2.02. The summed E-state index contributed by atoms with van der Waals surface area (Å²) in [6.45, 7) is 1.64. The average molecular weight is 679 g/mol. The second kappa shape index (κ2) is 12.1. The third-order valence-corrected chi connectivity index (χ3v) is 10.6. The van der Waals surface area contributed by atoms with Crippen LogP contribution in [0.25, 0.3) is 41.6 Å². The topological polar surface area (TPSA) is 163 Å². The number of fused-ring (bicyclic) bond motifs is 2. The molecule has 0 spiro atoms. The van der Waals surface area contributed by atoms with Crippen LogP contribution in [0.5, 0.6) is 0 Å². The fraction of sp³-hybridized carbons (Fsp3) is 0.0303. The molecule has 0 aliphatic heterocycles. The van der Waals surface area contributed by atoms with Gasteiger partial charge in [0, 0.05) is 11.1 Å². The first-order chi connectivity index (χ1) is 22.6. The van der Waals surface area contributed by atoms with Gasteiger partial charge in [-0.1, -0.05) is 24.3 Å². The summed E-state index contributed by atoms with van der Waals surface area (Å²) in [7, 11) is -4.41. The Morgan fingerprint density at radius 1 is 0.723 bits per heavy atom. The summed E-state index contributed by atoms with van der Waals surface area (Å²) >= 11 is 2.71. The molecule has 0 saturated heterocycles. The van der Waals surface area contributed by atoms with Crippen molar-refractivity contribution in [3.05, 3.63) is 134 Å². The minimum Gasteiger partial charge on any atom is -0.287 e. The fourth-order valence-corrected chi connectivity index (χ4v) is 8.19. The van der Waals surface area contributed by atoms with Crippen molar-refractivity contribution in [2.24, 2.45) is 10.2 Å². The van der Waals surface area contributed by atoms with Crippen LogP contribution in [0, 0.1) is 6.92 Å². The van der Waals surface area contributed by atoms with Crippen molar-refractivity contribution < 1.29 is 13.0 Å². The molecule has 2 aromatic heterocycles. The lowest BCUT2D eigenvalue weighted by Crippen LogP contribution is -2.47. The predicted octanol–water partition coefficient (Wildman–Crippen LogP) is 5.25. The third kappa shape index (κ3) is 6.09. The maximum atomic E-state index is 12.9. The van der Waals surface area contributed by atoms with Crippen molar-refractivity contribution in [2.75, 3.05) is 10.9 Å². The summed E-state index contributed by atoms with van der Waals surface area (Å²) in [6.07, 6.45) is 0. The van der Waals surface area contributed by atoms with Crippen LogP contribution in [0.2, 0.25) is 0 Å². The molecule has 11 nitrogen and oxygen atoms in total. The van der Waals surface area contributed by atoms with Crippen LogP contribution in [0.4, 0.5) is 11.4 Å². The summed E-state index contributed by atoms with van der Waals surface area (Å²) in [6, 6.07) is 28.1. The zero-order chi connectivity index (χ0) is 32.7. The highest BCUT2D eigenvalue weighted by Crippen LogP contribution is 2.38.